The highest BCUT2D eigenvalue weighted by Gasteiger charge is 2.36. The van der Waals surface area contributed by atoms with Crippen LogP contribution in [0, 0.1) is 0 Å². The van der Waals surface area contributed by atoms with Gasteiger partial charge in [0.25, 0.3) is 0 Å². The molecule has 2 nitrogen and oxygen atoms in total. The summed E-state index contributed by atoms with van der Waals surface area (Å²) in [6.45, 7) is 3.12. The highest BCUT2D eigenvalue weighted by atomic mass is 32.1. The van der Waals surface area contributed by atoms with Gasteiger partial charge in [0.15, 0.2) is 0 Å². The minimum Gasteiger partial charge on any atom is -0.326 e. The topological polar surface area (TPSA) is 29.3 Å². The Morgan fingerprint density at radius 1 is 1.25 bits per heavy atom. The van der Waals surface area contributed by atoms with E-state index in [1.165, 1.54) is 24.0 Å². The van der Waals surface area contributed by atoms with E-state index in [2.05, 4.69) is 59.0 Å². The molecule has 1 fully saturated rings. The quantitative estimate of drug-likeness (QED) is 0.875. The minimum absolute atomic E-state index is 0.147. The van der Waals surface area contributed by atoms with Crippen LogP contribution >= 0.6 is 11.3 Å². The zero-order valence-electron chi connectivity index (χ0n) is 11.9. The predicted molar refractivity (Wildman–Crippen MR) is 85.7 cm³/mol. The van der Waals surface area contributed by atoms with Crippen molar-refractivity contribution in [3.8, 4) is 0 Å². The summed E-state index contributed by atoms with van der Waals surface area (Å²) in [5.41, 5.74) is 9.05. The fraction of sp³-hybridized carbons (Fsp3) is 0.412. The number of hydrogen-bond donors (Lipinski definition) is 1. The molecule has 0 amide bonds. The lowest BCUT2D eigenvalue weighted by Gasteiger charge is -2.34. The Bertz CT molecular complexity index is 517. The Morgan fingerprint density at radius 2 is 2.00 bits per heavy atom. The highest BCUT2D eigenvalue weighted by Crippen LogP contribution is 2.37. The Labute approximate surface area is 125 Å². The van der Waals surface area contributed by atoms with Gasteiger partial charge < -0.3 is 5.73 Å². The Morgan fingerprint density at radius 3 is 2.55 bits per heavy atom. The number of rotatable bonds is 6. The van der Waals surface area contributed by atoms with Crippen molar-refractivity contribution in [2.24, 2.45) is 5.73 Å². The van der Waals surface area contributed by atoms with Crippen molar-refractivity contribution in [2.45, 2.75) is 44.4 Å². The third kappa shape index (κ3) is 3.11. The zero-order valence-corrected chi connectivity index (χ0v) is 12.7. The highest BCUT2D eigenvalue weighted by molar-refractivity contribution is 7.07. The summed E-state index contributed by atoms with van der Waals surface area (Å²) in [7, 11) is 0. The predicted octanol–water partition coefficient (Wildman–Crippen LogP) is 3.80. The molecule has 1 aliphatic carbocycles. The second-order valence-corrected chi connectivity index (χ2v) is 6.53. The van der Waals surface area contributed by atoms with Crippen molar-refractivity contribution in [1.29, 1.82) is 0 Å². The summed E-state index contributed by atoms with van der Waals surface area (Å²) in [6, 6.07) is 14.1. The first-order valence-electron chi connectivity index (χ1n) is 7.33. The molecule has 0 bridgehead atoms. The minimum atomic E-state index is 0.147. The summed E-state index contributed by atoms with van der Waals surface area (Å²) in [5.74, 6) is 0. The summed E-state index contributed by atoms with van der Waals surface area (Å²) < 4.78 is 0. The van der Waals surface area contributed by atoms with Crippen molar-refractivity contribution in [3.05, 3.63) is 58.3 Å². The van der Waals surface area contributed by atoms with E-state index >= 15 is 0 Å². The monoisotopic (exact) mass is 286 g/mol. The molecule has 1 saturated carbocycles. The van der Waals surface area contributed by atoms with E-state index in [9.17, 15) is 0 Å². The van der Waals surface area contributed by atoms with Crippen LogP contribution in [-0.2, 0) is 6.54 Å². The van der Waals surface area contributed by atoms with Crippen molar-refractivity contribution in [1.82, 2.24) is 4.90 Å². The van der Waals surface area contributed by atoms with Crippen LogP contribution in [0.15, 0.2) is 47.2 Å². The van der Waals surface area contributed by atoms with Crippen molar-refractivity contribution >= 4 is 11.3 Å². The number of nitrogens with zero attached hydrogens (tertiary/aromatic N) is 1. The lowest BCUT2D eigenvalue weighted by molar-refractivity contribution is 0.158. The second kappa shape index (κ2) is 6.08. The summed E-state index contributed by atoms with van der Waals surface area (Å²) in [6.07, 6.45) is 2.61. The first-order chi connectivity index (χ1) is 9.75. The van der Waals surface area contributed by atoms with Crippen molar-refractivity contribution in [2.75, 3.05) is 0 Å². The van der Waals surface area contributed by atoms with Gasteiger partial charge >= 0.3 is 0 Å². The van der Waals surface area contributed by atoms with E-state index in [1.54, 1.807) is 11.3 Å². The van der Waals surface area contributed by atoms with Crippen LogP contribution in [-0.4, -0.2) is 17.0 Å². The van der Waals surface area contributed by atoms with Crippen molar-refractivity contribution in [3.63, 3.8) is 0 Å². The Kier molecular flexibility index (Phi) is 4.20. The standard InChI is InChI=1S/C17H22N2S/c1-13(18)17(15-9-10-20-12-15)19(16-7-8-16)11-14-5-3-2-4-6-14/h2-6,9-10,12-13,16-17H,7-8,11,18H2,1H3. The normalized spacial score (nSPS) is 18.1. The molecule has 20 heavy (non-hydrogen) atoms. The smallest absolute Gasteiger partial charge is 0.0511 e. The Balaban J connectivity index is 1.85. The van der Waals surface area contributed by atoms with Gasteiger partial charge in [-0.3, -0.25) is 4.90 Å². The molecule has 1 aromatic carbocycles. The fourth-order valence-electron chi connectivity index (χ4n) is 2.90. The SMILES string of the molecule is CC(N)C(c1ccsc1)N(Cc1ccccc1)C1CC1. The van der Waals surface area contributed by atoms with Crippen molar-refractivity contribution < 1.29 is 0 Å². The van der Waals surface area contributed by atoms with Gasteiger partial charge in [-0.15, -0.1) is 0 Å². The number of hydrogen-bond acceptors (Lipinski definition) is 3. The van der Waals surface area contributed by atoms with Gasteiger partial charge in [-0.05, 0) is 47.7 Å². The molecule has 2 aromatic rings. The summed E-state index contributed by atoms with van der Waals surface area (Å²) in [5, 5.41) is 4.40. The molecule has 1 aromatic heterocycles. The molecule has 0 saturated heterocycles. The third-order valence-electron chi connectivity index (χ3n) is 3.96. The molecule has 0 aliphatic heterocycles. The van der Waals surface area contributed by atoms with Crippen LogP contribution in [0.5, 0.6) is 0 Å². The van der Waals surface area contributed by atoms with Gasteiger partial charge in [0, 0.05) is 18.6 Å². The maximum Gasteiger partial charge on any atom is 0.0511 e. The molecule has 2 unspecified atom stereocenters. The van der Waals surface area contributed by atoms with E-state index in [0.717, 1.165) is 6.54 Å². The largest absolute Gasteiger partial charge is 0.326 e. The van der Waals surface area contributed by atoms with E-state index in [-0.39, 0.29) is 6.04 Å². The lowest BCUT2D eigenvalue weighted by Crippen LogP contribution is -2.40. The Hall–Kier alpha value is -1.16. The maximum atomic E-state index is 6.31. The first kappa shape index (κ1) is 13.8. The first-order valence-corrected chi connectivity index (χ1v) is 8.27. The van der Waals surface area contributed by atoms with Crippen LogP contribution in [0.25, 0.3) is 0 Å². The molecule has 1 aliphatic rings. The molecule has 0 radical (unpaired) electrons. The van der Waals surface area contributed by atoms with Crippen LogP contribution in [0.2, 0.25) is 0 Å². The summed E-state index contributed by atoms with van der Waals surface area (Å²) in [4.78, 5) is 2.60. The number of nitrogens with two attached hydrogens (primary N) is 1. The van der Waals surface area contributed by atoms with Gasteiger partial charge in [0.05, 0.1) is 6.04 Å². The van der Waals surface area contributed by atoms with E-state index in [4.69, 9.17) is 5.73 Å². The third-order valence-corrected chi connectivity index (χ3v) is 4.67. The van der Waals surface area contributed by atoms with Crippen LogP contribution < -0.4 is 5.73 Å². The second-order valence-electron chi connectivity index (χ2n) is 5.75. The van der Waals surface area contributed by atoms with Gasteiger partial charge in [-0.1, -0.05) is 30.3 Å². The molecule has 106 valence electrons. The van der Waals surface area contributed by atoms with Gasteiger partial charge in [0.2, 0.25) is 0 Å². The number of benzene rings is 1. The lowest BCUT2D eigenvalue weighted by atomic mass is 10.0. The molecule has 2 atom stereocenters. The van der Waals surface area contributed by atoms with Gasteiger partial charge in [-0.2, -0.15) is 11.3 Å². The van der Waals surface area contributed by atoms with E-state index in [1.807, 2.05) is 0 Å². The molecule has 3 heteroatoms. The molecular weight excluding hydrogens is 264 g/mol. The molecule has 2 N–H and O–H groups in total. The molecule has 3 rings (SSSR count). The summed E-state index contributed by atoms with van der Waals surface area (Å²) >= 11 is 1.76. The van der Waals surface area contributed by atoms with Crippen LogP contribution in [0.4, 0.5) is 0 Å². The number of thiophene rings is 1. The van der Waals surface area contributed by atoms with Gasteiger partial charge in [-0.25, -0.2) is 0 Å². The molecule has 0 spiro atoms. The van der Waals surface area contributed by atoms with Crippen LogP contribution in [0.1, 0.15) is 36.9 Å². The van der Waals surface area contributed by atoms with Gasteiger partial charge in [0.1, 0.15) is 0 Å². The zero-order chi connectivity index (χ0) is 13.9. The fourth-order valence-corrected chi connectivity index (χ4v) is 3.58. The maximum absolute atomic E-state index is 6.31. The van der Waals surface area contributed by atoms with Crippen LogP contribution in [0.3, 0.4) is 0 Å². The van der Waals surface area contributed by atoms with E-state index in [0.29, 0.717) is 12.1 Å². The molecule has 1 heterocycles. The average molecular weight is 286 g/mol. The average Bonchev–Trinajstić information content (AvgIpc) is 3.16. The van der Waals surface area contributed by atoms with E-state index < -0.39 is 0 Å². The molecular formula is C17H22N2S.